The third-order valence-electron chi connectivity index (χ3n) is 2.93. The minimum atomic E-state index is 0.593. The van der Waals surface area contributed by atoms with Crippen LogP contribution in [-0.4, -0.2) is 42.5 Å². The van der Waals surface area contributed by atoms with Gasteiger partial charge >= 0.3 is 0 Å². The Hall–Kier alpha value is -0.500. The van der Waals surface area contributed by atoms with Gasteiger partial charge < -0.3 is 9.80 Å². The van der Waals surface area contributed by atoms with E-state index in [1.807, 2.05) is 0 Å². The number of piperidine rings is 1. The van der Waals surface area contributed by atoms with Crippen LogP contribution in [0.4, 0.5) is 0 Å². The lowest BCUT2D eigenvalue weighted by Crippen LogP contribution is -2.46. The van der Waals surface area contributed by atoms with Crippen molar-refractivity contribution in [3.8, 4) is 0 Å². The van der Waals surface area contributed by atoms with Crippen molar-refractivity contribution in [2.24, 2.45) is 0 Å². The molecule has 1 aliphatic rings. The van der Waals surface area contributed by atoms with E-state index in [9.17, 15) is 0 Å². The largest absolute Gasteiger partial charge is 0.371 e. The molecule has 1 heterocycles. The second-order valence-electron chi connectivity index (χ2n) is 4.47. The number of hydrogen-bond acceptors (Lipinski definition) is 2. The molecule has 1 fully saturated rings. The predicted octanol–water partition coefficient (Wildman–Crippen LogP) is 1.93. The van der Waals surface area contributed by atoms with E-state index in [4.69, 9.17) is 0 Å². The van der Waals surface area contributed by atoms with Crippen LogP contribution >= 0.6 is 0 Å². The Labute approximate surface area is 82.2 Å². The van der Waals surface area contributed by atoms with Gasteiger partial charge in [0, 0.05) is 24.3 Å². The molecule has 1 unspecified atom stereocenters. The lowest BCUT2D eigenvalue weighted by molar-refractivity contribution is 0.146. The van der Waals surface area contributed by atoms with Gasteiger partial charge in [-0.05, 0) is 40.8 Å². The average Bonchev–Trinajstić information content (AvgIpc) is 2.04. The van der Waals surface area contributed by atoms with Gasteiger partial charge in [0.25, 0.3) is 0 Å². The third-order valence-corrected chi connectivity index (χ3v) is 2.93. The number of likely N-dealkylation sites (tertiary alicyclic amines) is 1. The molecular formula is C11H22N2. The lowest BCUT2D eigenvalue weighted by atomic mass is 10.0. The van der Waals surface area contributed by atoms with Crippen LogP contribution in [0.2, 0.25) is 0 Å². The maximum absolute atomic E-state index is 4.12. The monoisotopic (exact) mass is 182 g/mol. The van der Waals surface area contributed by atoms with Crippen molar-refractivity contribution in [2.45, 2.75) is 38.8 Å². The molecule has 0 amide bonds. The molecule has 1 atom stereocenters. The SMILES string of the molecule is C=C1CCC(N(C)C)CN1C(C)C. The van der Waals surface area contributed by atoms with Crippen molar-refractivity contribution in [1.29, 1.82) is 0 Å². The molecule has 0 aromatic rings. The zero-order valence-corrected chi connectivity index (χ0v) is 9.38. The van der Waals surface area contributed by atoms with Gasteiger partial charge in [-0.3, -0.25) is 0 Å². The Kier molecular flexibility index (Phi) is 3.37. The minimum Gasteiger partial charge on any atom is -0.371 e. The molecule has 0 N–H and O–H groups in total. The first-order chi connectivity index (χ1) is 6.02. The van der Waals surface area contributed by atoms with Crippen LogP contribution in [0.1, 0.15) is 26.7 Å². The fourth-order valence-electron chi connectivity index (χ4n) is 1.92. The highest BCUT2D eigenvalue weighted by molar-refractivity contribution is 5.02. The molecule has 2 nitrogen and oxygen atoms in total. The summed E-state index contributed by atoms with van der Waals surface area (Å²) < 4.78 is 0. The highest BCUT2D eigenvalue weighted by atomic mass is 15.2. The molecule has 0 bridgehead atoms. The lowest BCUT2D eigenvalue weighted by Gasteiger charge is -2.41. The van der Waals surface area contributed by atoms with E-state index in [0.717, 1.165) is 13.0 Å². The first-order valence-electron chi connectivity index (χ1n) is 5.13. The van der Waals surface area contributed by atoms with Crippen molar-refractivity contribution in [1.82, 2.24) is 9.80 Å². The van der Waals surface area contributed by atoms with Crippen LogP contribution < -0.4 is 0 Å². The molecule has 1 aliphatic heterocycles. The predicted molar refractivity (Wildman–Crippen MR) is 57.7 cm³/mol. The van der Waals surface area contributed by atoms with E-state index in [-0.39, 0.29) is 0 Å². The Morgan fingerprint density at radius 3 is 2.54 bits per heavy atom. The van der Waals surface area contributed by atoms with Crippen molar-refractivity contribution >= 4 is 0 Å². The summed E-state index contributed by atoms with van der Waals surface area (Å²) in [4.78, 5) is 4.75. The highest BCUT2D eigenvalue weighted by Gasteiger charge is 2.24. The molecule has 0 aromatic carbocycles. The highest BCUT2D eigenvalue weighted by Crippen LogP contribution is 2.23. The maximum Gasteiger partial charge on any atom is 0.0333 e. The van der Waals surface area contributed by atoms with Crippen LogP contribution in [0, 0.1) is 0 Å². The molecule has 1 rings (SSSR count). The van der Waals surface area contributed by atoms with E-state index in [1.165, 1.54) is 12.1 Å². The number of likely N-dealkylation sites (N-methyl/N-ethyl adjacent to an activating group) is 1. The molecule has 13 heavy (non-hydrogen) atoms. The molecule has 0 spiro atoms. The second-order valence-corrected chi connectivity index (χ2v) is 4.47. The summed E-state index contributed by atoms with van der Waals surface area (Å²) >= 11 is 0. The van der Waals surface area contributed by atoms with Crippen LogP contribution in [0.5, 0.6) is 0 Å². The standard InChI is InChI=1S/C11H22N2/c1-9(2)13-8-11(12(4)5)7-6-10(13)3/h9,11H,3,6-8H2,1-2,4-5H3. The number of hydrogen-bond donors (Lipinski definition) is 0. The third kappa shape index (κ3) is 2.47. The van der Waals surface area contributed by atoms with Gasteiger partial charge in [-0.15, -0.1) is 0 Å². The Morgan fingerprint density at radius 2 is 2.08 bits per heavy atom. The van der Waals surface area contributed by atoms with Crippen molar-refractivity contribution < 1.29 is 0 Å². The topological polar surface area (TPSA) is 6.48 Å². The molecule has 76 valence electrons. The molecule has 1 saturated heterocycles. The summed E-state index contributed by atoms with van der Waals surface area (Å²) in [6.45, 7) is 9.74. The summed E-state index contributed by atoms with van der Waals surface area (Å²) in [7, 11) is 4.33. The van der Waals surface area contributed by atoms with E-state index in [0.29, 0.717) is 12.1 Å². The Balaban J connectivity index is 2.58. The molecule has 0 saturated carbocycles. The van der Waals surface area contributed by atoms with Crippen molar-refractivity contribution in [3.05, 3.63) is 12.3 Å². The van der Waals surface area contributed by atoms with Gasteiger partial charge in [-0.2, -0.15) is 0 Å². The van der Waals surface area contributed by atoms with E-state index in [1.54, 1.807) is 0 Å². The maximum atomic E-state index is 4.12. The molecular weight excluding hydrogens is 160 g/mol. The van der Waals surface area contributed by atoms with Gasteiger partial charge in [0.15, 0.2) is 0 Å². The summed E-state index contributed by atoms with van der Waals surface area (Å²) in [6.07, 6.45) is 2.41. The first-order valence-corrected chi connectivity index (χ1v) is 5.13. The fourth-order valence-corrected chi connectivity index (χ4v) is 1.92. The van der Waals surface area contributed by atoms with E-state index >= 15 is 0 Å². The van der Waals surface area contributed by atoms with E-state index in [2.05, 4.69) is 44.3 Å². The van der Waals surface area contributed by atoms with Crippen LogP contribution in [0.15, 0.2) is 12.3 Å². The minimum absolute atomic E-state index is 0.593. The summed E-state index contributed by atoms with van der Waals surface area (Å²) in [5.74, 6) is 0. The normalized spacial score (nSPS) is 24.6. The molecule has 0 radical (unpaired) electrons. The molecule has 0 aromatic heterocycles. The van der Waals surface area contributed by atoms with E-state index < -0.39 is 0 Å². The smallest absolute Gasteiger partial charge is 0.0333 e. The van der Waals surface area contributed by atoms with Crippen LogP contribution in [0.3, 0.4) is 0 Å². The van der Waals surface area contributed by atoms with Crippen LogP contribution in [-0.2, 0) is 0 Å². The van der Waals surface area contributed by atoms with Crippen molar-refractivity contribution in [2.75, 3.05) is 20.6 Å². The Morgan fingerprint density at radius 1 is 1.46 bits per heavy atom. The van der Waals surface area contributed by atoms with Crippen LogP contribution in [0.25, 0.3) is 0 Å². The van der Waals surface area contributed by atoms with Crippen molar-refractivity contribution in [3.63, 3.8) is 0 Å². The summed E-state index contributed by atoms with van der Waals surface area (Å²) in [6, 6.07) is 1.29. The quantitative estimate of drug-likeness (QED) is 0.644. The van der Waals surface area contributed by atoms with Gasteiger partial charge in [0.05, 0.1) is 0 Å². The number of rotatable bonds is 2. The van der Waals surface area contributed by atoms with Gasteiger partial charge in [-0.1, -0.05) is 6.58 Å². The summed E-state index contributed by atoms with van der Waals surface area (Å²) in [5.41, 5.74) is 1.31. The average molecular weight is 182 g/mol. The number of nitrogens with zero attached hydrogens (tertiary/aromatic N) is 2. The molecule has 2 heteroatoms. The second kappa shape index (κ2) is 4.14. The zero-order chi connectivity index (χ0) is 10.0. The molecule has 0 aliphatic carbocycles. The van der Waals surface area contributed by atoms with Gasteiger partial charge in [-0.25, -0.2) is 0 Å². The van der Waals surface area contributed by atoms with Gasteiger partial charge in [0.2, 0.25) is 0 Å². The first kappa shape index (κ1) is 10.6. The zero-order valence-electron chi connectivity index (χ0n) is 9.38. The fraction of sp³-hybridized carbons (Fsp3) is 0.818. The Bertz CT molecular complexity index is 185. The van der Waals surface area contributed by atoms with Gasteiger partial charge in [0.1, 0.15) is 0 Å². The summed E-state index contributed by atoms with van der Waals surface area (Å²) in [5, 5.41) is 0. The number of allylic oxidation sites excluding steroid dienone is 1.